The monoisotopic (exact) mass is 461 g/mol. The van der Waals surface area contributed by atoms with Crippen LogP contribution >= 0.6 is 0 Å². The van der Waals surface area contributed by atoms with Gasteiger partial charge in [0.15, 0.2) is 0 Å². The summed E-state index contributed by atoms with van der Waals surface area (Å²) in [5.74, 6) is -2.84. The summed E-state index contributed by atoms with van der Waals surface area (Å²) in [6.45, 7) is 0.385. The number of hydrogen-bond acceptors (Lipinski definition) is 4. The molecule has 5 rings (SSSR count). The van der Waals surface area contributed by atoms with Gasteiger partial charge in [-0.15, -0.1) is 0 Å². The molecule has 0 radical (unpaired) electrons. The van der Waals surface area contributed by atoms with E-state index in [-0.39, 0.29) is 25.0 Å². The summed E-state index contributed by atoms with van der Waals surface area (Å²) < 4.78 is 59.9. The molecule has 1 saturated heterocycles. The van der Waals surface area contributed by atoms with E-state index in [0.717, 1.165) is 17.8 Å². The summed E-state index contributed by atoms with van der Waals surface area (Å²) in [5.41, 5.74) is -3.17. The fourth-order valence-corrected chi connectivity index (χ4v) is 4.72. The summed E-state index contributed by atoms with van der Waals surface area (Å²) in [7, 11) is 0. The van der Waals surface area contributed by atoms with Crippen LogP contribution < -0.4 is 10.3 Å². The third kappa shape index (κ3) is 3.63. The van der Waals surface area contributed by atoms with E-state index in [4.69, 9.17) is 0 Å². The lowest BCUT2D eigenvalue weighted by atomic mass is 9.99. The highest BCUT2D eigenvalue weighted by atomic mass is 19.4. The molecule has 0 spiro atoms. The van der Waals surface area contributed by atoms with Crippen LogP contribution in [0.3, 0.4) is 0 Å². The molecule has 33 heavy (non-hydrogen) atoms. The molecule has 1 saturated carbocycles. The van der Waals surface area contributed by atoms with Crippen molar-refractivity contribution in [3.05, 3.63) is 69.5 Å². The molecule has 1 aromatic carbocycles. The third-order valence-corrected chi connectivity index (χ3v) is 6.38. The van der Waals surface area contributed by atoms with Crippen molar-refractivity contribution in [3.8, 4) is 0 Å². The molecule has 3 aromatic rings. The van der Waals surface area contributed by atoms with Crippen LogP contribution in [0.2, 0.25) is 0 Å². The van der Waals surface area contributed by atoms with Gasteiger partial charge in [0, 0.05) is 43.6 Å². The van der Waals surface area contributed by atoms with Crippen molar-refractivity contribution in [3.63, 3.8) is 0 Å². The van der Waals surface area contributed by atoms with Crippen LogP contribution in [0, 0.1) is 5.82 Å². The minimum absolute atomic E-state index is 0.0933. The average Bonchev–Trinajstić information content (AvgIpc) is 3.49. The van der Waals surface area contributed by atoms with Crippen LogP contribution in [0.4, 0.5) is 23.2 Å². The van der Waals surface area contributed by atoms with Gasteiger partial charge in [-0.2, -0.15) is 13.2 Å². The molecule has 1 unspecified atom stereocenters. The lowest BCUT2D eigenvalue weighted by Crippen LogP contribution is -2.27. The van der Waals surface area contributed by atoms with Gasteiger partial charge in [-0.05, 0) is 43.0 Å². The van der Waals surface area contributed by atoms with Crippen LogP contribution in [0.5, 0.6) is 0 Å². The Morgan fingerprint density at radius 1 is 1.15 bits per heavy atom. The van der Waals surface area contributed by atoms with Crippen molar-refractivity contribution in [1.29, 1.82) is 0 Å². The standard InChI is InChI=1S/C23H19F4N3O3/c24-17-9-15-19(30(14-1-2-14)11-16(21(15)31)22(32)33)18(23(25,26)27)20(17)29-8-5-13(10-29)12-3-6-28-7-4-12/h3-4,6-7,9,11,13-14H,1-2,5,8,10H2,(H,32,33). The Bertz CT molecular complexity index is 1320. The van der Waals surface area contributed by atoms with Gasteiger partial charge in [-0.25, -0.2) is 9.18 Å². The predicted molar refractivity (Wildman–Crippen MR) is 112 cm³/mol. The SMILES string of the molecule is O=C(O)c1cn(C2CC2)c2c(C(F)(F)F)c(N3CCC(c4ccncc4)C3)c(F)cc2c1=O. The number of aromatic nitrogens is 2. The molecule has 172 valence electrons. The molecule has 6 nitrogen and oxygen atoms in total. The Labute approximate surface area is 185 Å². The number of alkyl halides is 3. The van der Waals surface area contributed by atoms with Crippen molar-refractivity contribution in [2.45, 2.75) is 37.4 Å². The number of hydrogen-bond donors (Lipinski definition) is 1. The Hall–Kier alpha value is -3.43. The zero-order valence-electron chi connectivity index (χ0n) is 17.3. The average molecular weight is 461 g/mol. The maximum atomic E-state index is 15.3. The van der Waals surface area contributed by atoms with Gasteiger partial charge in [0.2, 0.25) is 5.43 Å². The van der Waals surface area contributed by atoms with Gasteiger partial charge in [0.25, 0.3) is 0 Å². The molecular formula is C23H19F4N3O3. The van der Waals surface area contributed by atoms with Crippen LogP contribution in [0.1, 0.15) is 52.7 Å². The second-order valence-corrected chi connectivity index (χ2v) is 8.50. The Balaban J connectivity index is 1.74. The molecule has 0 bridgehead atoms. The molecular weight excluding hydrogens is 442 g/mol. The molecule has 1 atom stereocenters. The number of benzene rings is 1. The van der Waals surface area contributed by atoms with E-state index in [1.165, 1.54) is 9.47 Å². The van der Waals surface area contributed by atoms with Crippen LogP contribution in [-0.2, 0) is 6.18 Å². The number of carbonyl (C=O) groups is 1. The summed E-state index contributed by atoms with van der Waals surface area (Å²) in [6.07, 6.45) is 0.841. The number of rotatable bonds is 4. The second-order valence-electron chi connectivity index (χ2n) is 8.50. The van der Waals surface area contributed by atoms with Crippen LogP contribution in [-0.4, -0.2) is 33.7 Å². The number of halogens is 4. The normalized spacial score (nSPS) is 18.8. The minimum Gasteiger partial charge on any atom is -0.477 e. The number of anilines is 1. The van der Waals surface area contributed by atoms with Crippen molar-refractivity contribution < 1.29 is 27.5 Å². The largest absolute Gasteiger partial charge is 0.477 e. The first-order valence-electron chi connectivity index (χ1n) is 10.5. The first-order valence-corrected chi connectivity index (χ1v) is 10.5. The highest BCUT2D eigenvalue weighted by Crippen LogP contribution is 2.47. The summed E-state index contributed by atoms with van der Waals surface area (Å²) in [4.78, 5) is 29.6. The van der Waals surface area contributed by atoms with E-state index in [9.17, 15) is 27.9 Å². The molecule has 1 aliphatic carbocycles. The summed E-state index contributed by atoms with van der Waals surface area (Å²) in [6, 6.07) is 3.96. The third-order valence-electron chi connectivity index (χ3n) is 6.38. The number of pyridine rings is 2. The molecule has 0 amide bonds. The van der Waals surface area contributed by atoms with Gasteiger partial charge >= 0.3 is 12.1 Å². The van der Waals surface area contributed by atoms with Gasteiger partial charge < -0.3 is 14.6 Å². The molecule has 1 aliphatic heterocycles. The number of nitrogens with zero attached hydrogens (tertiary/aromatic N) is 3. The van der Waals surface area contributed by atoms with Crippen molar-refractivity contribution in [2.24, 2.45) is 0 Å². The lowest BCUT2D eigenvalue weighted by Gasteiger charge is -2.27. The fraction of sp³-hybridized carbons (Fsp3) is 0.348. The van der Waals surface area contributed by atoms with Gasteiger partial charge in [-0.3, -0.25) is 9.78 Å². The summed E-state index contributed by atoms with van der Waals surface area (Å²) in [5, 5.41) is 8.80. The topological polar surface area (TPSA) is 75.4 Å². The van der Waals surface area contributed by atoms with E-state index in [1.54, 1.807) is 24.5 Å². The zero-order chi connectivity index (χ0) is 23.5. The number of carboxylic acid groups (broad SMARTS) is 1. The van der Waals surface area contributed by atoms with Crippen molar-refractivity contribution in [2.75, 3.05) is 18.0 Å². The second kappa shape index (κ2) is 7.57. The smallest absolute Gasteiger partial charge is 0.420 e. The fourth-order valence-electron chi connectivity index (χ4n) is 4.72. The molecule has 10 heteroatoms. The molecule has 2 aliphatic rings. The van der Waals surface area contributed by atoms with Gasteiger partial charge in [0.05, 0.1) is 16.6 Å². The maximum Gasteiger partial charge on any atom is 0.420 e. The number of fused-ring (bicyclic) bond motifs is 1. The van der Waals surface area contributed by atoms with Crippen LogP contribution in [0.15, 0.2) is 41.6 Å². The van der Waals surface area contributed by atoms with Crippen LogP contribution in [0.25, 0.3) is 10.9 Å². The first-order chi connectivity index (χ1) is 15.7. The molecule has 2 fully saturated rings. The maximum absolute atomic E-state index is 15.3. The Morgan fingerprint density at radius 3 is 2.45 bits per heavy atom. The van der Waals surface area contributed by atoms with Gasteiger partial charge in [-0.1, -0.05) is 0 Å². The van der Waals surface area contributed by atoms with Gasteiger partial charge in [0.1, 0.15) is 16.9 Å². The molecule has 2 aromatic heterocycles. The molecule has 1 N–H and O–H groups in total. The van der Waals surface area contributed by atoms with E-state index >= 15 is 4.39 Å². The highest BCUT2D eigenvalue weighted by Gasteiger charge is 2.43. The predicted octanol–water partition coefficient (Wildman–Crippen LogP) is 4.58. The Kier molecular flexibility index (Phi) is 4.91. The summed E-state index contributed by atoms with van der Waals surface area (Å²) >= 11 is 0. The van der Waals surface area contributed by atoms with E-state index in [1.807, 2.05) is 0 Å². The van der Waals surface area contributed by atoms with E-state index in [0.29, 0.717) is 19.3 Å². The number of carboxylic acids is 1. The van der Waals surface area contributed by atoms with Crippen molar-refractivity contribution >= 4 is 22.6 Å². The van der Waals surface area contributed by atoms with E-state index in [2.05, 4.69) is 4.98 Å². The first kappa shape index (κ1) is 21.4. The highest BCUT2D eigenvalue weighted by molar-refractivity contribution is 5.95. The zero-order valence-corrected chi connectivity index (χ0v) is 17.3. The lowest BCUT2D eigenvalue weighted by molar-refractivity contribution is -0.136. The van der Waals surface area contributed by atoms with Crippen molar-refractivity contribution in [1.82, 2.24) is 9.55 Å². The quantitative estimate of drug-likeness (QED) is 0.576. The Morgan fingerprint density at radius 2 is 1.85 bits per heavy atom. The number of aromatic carboxylic acids is 1. The minimum atomic E-state index is -4.96. The van der Waals surface area contributed by atoms with E-state index < -0.39 is 51.1 Å². The molecule has 3 heterocycles.